The van der Waals surface area contributed by atoms with Gasteiger partial charge >= 0.3 is 5.69 Å². The molecular formula is C27H28F2N6O2. The molecule has 0 amide bonds. The van der Waals surface area contributed by atoms with Crippen LogP contribution in [-0.2, 0) is 0 Å². The van der Waals surface area contributed by atoms with Crippen molar-refractivity contribution in [2.75, 3.05) is 6.61 Å². The Morgan fingerprint density at radius 1 is 1.22 bits per heavy atom. The molecule has 0 radical (unpaired) electrons. The zero-order valence-electron chi connectivity index (χ0n) is 20.5. The van der Waals surface area contributed by atoms with Crippen molar-refractivity contribution in [2.45, 2.75) is 51.5 Å². The first-order valence-electron chi connectivity index (χ1n) is 12.6. The summed E-state index contributed by atoms with van der Waals surface area (Å²) in [4.78, 5) is 30.5. The normalized spacial score (nSPS) is 16.2. The highest BCUT2D eigenvalue weighted by molar-refractivity contribution is 5.79. The third-order valence-corrected chi connectivity index (χ3v) is 7.13. The average molecular weight is 507 g/mol. The number of H-pyrrole nitrogens is 1. The maximum absolute atomic E-state index is 14.5. The van der Waals surface area contributed by atoms with E-state index in [1.165, 1.54) is 18.2 Å². The number of para-hydroxylation sites is 1. The Kier molecular flexibility index (Phi) is 5.73. The quantitative estimate of drug-likeness (QED) is 0.322. The lowest BCUT2D eigenvalue weighted by molar-refractivity contribution is 0.244. The Morgan fingerprint density at radius 2 is 2.08 bits per heavy atom. The molecular weight excluding hydrogens is 478 g/mol. The van der Waals surface area contributed by atoms with Crippen LogP contribution in [0.2, 0.25) is 0 Å². The van der Waals surface area contributed by atoms with E-state index in [4.69, 9.17) is 14.7 Å². The minimum atomic E-state index is -0.473. The standard InChI is InChI=1S/C27H26F2N6O2.H2/c1-3-6-15(4-2)22-23-25(33-26(31-22)34-14-30-19-10-9-16(28)13-21(19)34)35(27(36)32-23)20-11-12-37-24-17(20)7-5-8-18(24)29;/h5,7-10,13-15,20H,3-4,6,11-12H2,1-2H3,(H,32,36);1H/t15?,20-;/m1./s1. The van der Waals surface area contributed by atoms with Gasteiger partial charge in [0, 0.05) is 25.4 Å². The molecule has 1 N–H and O–H groups in total. The Balaban J connectivity index is 0.00000294. The van der Waals surface area contributed by atoms with E-state index in [0.717, 1.165) is 25.0 Å². The molecule has 1 unspecified atom stereocenters. The maximum atomic E-state index is 14.5. The molecule has 2 atom stereocenters. The van der Waals surface area contributed by atoms with Crippen LogP contribution in [0.15, 0.2) is 47.5 Å². The third kappa shape index (κ3) is 3.78. The van der Waals surface area contributed by atoms with E-state index in [1.807, 2.05) is 0 Å². The Morgan fingerprint density at radius 3 is 2.89 bits per heavy atom. The van der Waals surface area contributed by atoms with Gasteiger partial charge in [0.05, 0.1) is 29.4 Å². The molecule has 4 heterocycles. The van der Waals surface area contributed by atoms with Gasteiger partial charge in [-0.3, -0.25) is 9.13 Å². The molecule has 0 spiro atoms. The molecule has 0 saturated carbocycles. The molecule has 8 nitrogen and oxygen atoms in total. The topological polar surface area (TPSA) is 90.6 Å². The number of fused-ring (bicyclic) bond motifs is 3. The Bertz CT molecular complexity index is 1690. The highest BCUT2D eigenvalue weighted by atomic mass is 19.1. The summed E-state index contributed by atoms with van der Waals surface area (Å²) in [5.74, 6) is -0.335. The van der Waals surface area contributed by atoms with Crippen molar-refractivity contribution in [3.05, 3.63) is 76.1 Å². The predicted molar refractivity (Wildman–Crippen MR) is 137 cm³/mol. The highest BCUT2D eigenvalue weighted by Crippen LogP contribution is 2.38. The fourth-order valence-corrected chi connectivity index (χ4v) is 5.36. The minimum absolute atomic E-state index is 0. The SMILES string of the molecule is CCCC(CC)c1nc(-n2cnc3ccc(F)cc32)nc2c1[nH]c(=O)n2[C@@H]1CCOc2c(F)cccc21.[HH]. The number of hydrogen-bond acceptors (Lipinski definition) is 5. The smallest absolute Gasteiger partial charge is 0.328 e. The van der Waals surface area contributed by atoms with Crippen LogP contribution in [-0.4, -0.2) is 35.7 Å². The second-order valence-electron chi connectivity index (χ2n) is 9.36. The fraction of sp³-hybridized carbons (Fsp3) is 0.333. The number of aromatic amines is 1. The van der Waals surface area contributed by atoms with E-state index in [2.05, 4.69) is 23.8 Å². The van der Waals surface area contributed by atoms with E-state index in [0.29, 0.717) is 40.1 Å². The van der Waals surface area contributed by atoms with Crippen molar-refractivity contribution in [3.8, 4) is 11.7 Å². The number of ether oxygens (including phenoxy) is 1. The van der Waals surface area contributed by atoms with Crippen molar-refractivity contribution in [1.29, 1.82) is 0 Å². The molecule has 10 heteroatoms. The first-order chi connectivity index (χ1) is 18.0. The van der Waals surface area contributed by atoms with Gasteiger partial charge in [0.2, 0.25) is 5.95 Å². The summed E-state index contributed by atoms with van der Waals surface area (Å²) in [5, 5.41) is 0. The number of aromatic nitrogens is 6. The van der Waals surface area contributed by atoms with Gasteiger partial charge in [-0.15, -0.1) is 0 Å². The number of imidazole rings is 2. The van der Waals surface area contributed by atoms with Crippen LogP contribution >= 0.6 is 0 Å². The maximum Gasteiger partial charge on any atom is 0.328 e. The third-order valence-electron chi connectivity index (χ3n) is 7.13. The number of halogens is 2. The number of nitrogens with one attached hydrogen (secondary N) is 1. The van der Waals surface area contributed by atoms with Crippen molar-refractivity contribution < 1.29 is 14.9 Å². The van der Waals surface area contributed by atoms with E-state index in [-0.39, 0.29) is 25.4 Å². The Hall–Kier alpha value is -4.08. The molecule has 37 heavy (non-hydrogen) atoms. The summed E-state index contributed by atoms with van der Waals surface area (Å²) in [6, 6.07) is 8.61. The molecule has 2 aromatic carbocycles. The second-order valence-corrected chi connectivity index (χ2v) is 9.36. The van der Waals surface area contributed by atoms with Gasteiger partial charge in [-0.2, -0.15) is 4.98 Å². The van der Waals surface area contributed by atoms with Gasteiger partial charge in [0.15, 0.2) is 17.2 Å². The zero-order valence-corrected chi connectivity index (χ0v) is 20.5. The molecule has 0 bridgehead atoms. The second kappa shape index (κ2) is 9.10. The summed E-state index contributed by atoms with van der Waals surface area (Å²) in [6.07, 6.45) is 4.67. The van der Waals surface area contributed by atoms with Crippen LogP contribution in [0.4, 0.5) is 8.78 Å². The first-order valence-corrected chi connectivity index (χ1v) is 12.6. The largest absolute Gasteiger partial charge is 0.490 e. The molecule has 0 saturated heterocycles. The lowest BCUT2D eigenvalue weighted by Gasteiger charge is -2.27. The summed E-state index contributed by atoms with van der Waals surface area (Å²) in [6.45, 7) is 4.46. The number of hydrogen-bond donors (Lipinski definition) is 1. The molecule has 0 aliphatic carbocycles. The summed E-state index contributed by atoms with van der Waals surface area (Å²) in [5.41, 5.74) is 3.08. The van der Waals surface area contributed by atoms with E-state index >= 15 is 0 Å². The lowest BCUT2D eigenvalue weighted by Crippen LogP contribution is -2.28. The van der Waals surface area contributed by atoms with Crippen LogP contribution < -0.4 is 10.4 Å². The minimum Gasteiger partial charge on any atom is -0.490 e. The monoisotopic (exact) mass is 506 g/mol. The van der Waals surface area contributed by atoms with Gasteiger partial charge in [0.1, 0.15) is 17.7 Å². The number of rotatable bonds is 6. The Labute approximate surface area is 212 Å². The first kappa shape index (κ1) is 23.3. The average Bonchev–Trinajstić information content (AvgIpc) is 3.46. The lowest BCUT2D eigenvalue weighted by atomic mass is 9.96. The molecule has 1 aliphatic rings. The summed E-state index contributed by atoms with van der Waals surface area (Å²) >= 11 is 0. The van der Waals surface area contributed by atoms with Crippen molar-refractivity contribution in [3.63, 3.8) is 0 Å². The van der Waals surface area contributed by atoms with Crippen molar-refractivity contribution >= 4 is 22.2 Å². The summed E-state index contributed by atoms with van der Waals surface area (Å²) in [7, 11) is 0. The van der Waals surface area contributed by atoms with Crippen LogP contribution in [0.25, 0.3) is 28.1 Å². The predicted octanol–water partition coefficient (Wildman–Crippen LogP) is 5.65. The molecule has 0 fully saturated rings. The van der Waals surface area contributed by atoms with Gasteiger partial charge in [-0.05, 0) is 31.0 Å². The zero-order chi connectivity index (χ0) is 25.7. The van der Waals surface area contributed by atoms with Crippen LogP contribution in [0.3, 0.4) is 0 Å². The molecule has 3 aromatic heterocycles. The fourth-order valence-electron chi connectivity index (χ4n) is 5.36. The molecule has 1 aliphatic heterocycles. The van der Waals surface area contributed by atoms with Crippen LogP contribution in [0.5, 0.6) is 5.75 Å². The number of nitrogens with zero attached hydrogens (tertiary/aromatic N) is 5. The van der Waals surface area contributed by atoms with Gasteiger partial charge < -0.3 is 9.72 Å². The highest BCUT2D eigenvalue weighted by Gasteiger charge is 2.30. The van der Waals surface area contributed by atoms with Gasteiger partial charge in [0.25, 0.3) is 0 Å². The van der Waals surface area contributed by atoms with Crippen LogP contribution in [0, 0.1) is 11.6 Å². The van der Waals surface area contributed by atoms with Gasteiger partial charge in [-0.1, -0.05) is 32.4 Å². The van der Waals surface area contributed by atoms with Gasteiger partial charge in [-0.25, -0.2) is 23.5 Å². The molecule has 6 rings (SSSR count). The van der Waals surface area contributed by atoms with E-state index < -0.39 is 17.7 Å². The van der Waals surface area contributed by atoms with E-state index in [1.54, 1.807) is 33.7 Å². The molecule has 5 aromatic rings. The van der Waals surface area contributed by atoms with Crippen molar-refractivity contribution in [1.82, 2.24) is 29.1 Å². The van der Waals surface area contributed by atoms with E-state index in [9.17, 15) is 13.6 Å². The summed E-state index contributed by atoms with van der Waals surface area (Å²) < 4.78 is 37.5. The number of benzene rings is 2. The van der Waals surface area contributed by atoms with Crippen molar-refractivity contribution in [2.24, 2.45) is 0 Å². The van der Waals surface area contributed by atoms with Crippen LogP contribution in [0.1, 0.15) is 64.2 Å². The molecule has 192 valence electrons.